The van der Waals surface area contributed by atoms with E-state index in [2.05, 4.69) is 55.7 Å². The number of amides is 1. The van der Waals surface area contributed by atoms with Crippen molar-refractivity contribution in [2.24, 2.45) is 4.99 Å². The summed E-state index contributed by atoms with van der Waals surface area (Å²) < 4.78 is 4.45. The molecule has 8 heteroatoms. The molecule has 3 heterocycles. The van der Waals surface area contributed by atoms with Crippen molar-refractivity contribution in [1.82, 2.24) is 14.0 Å². The van der Waals surface area contributed by atoms with Gasteiger partial charge in [-0.2, -0.15) is 0 Å². The molecule has 0 bridgehead atoms. The molecule has 1 atom stereocenters. The zero-order chi connectivity index (χ0) is 28.7. The molecule has 5 rings (SSSR count). The van der Waals surface area contributed by atoms with Crippen molar-refractivity contribution in [1.29, 1.82) is 0 Å². The third kappa shape index (κ3) is 4.88. The Kier molecular flexibility index (Phi) is 7.71. The number of likely N-dealkylation sites (N-methyl/N-ethyl adjacent to an activating group) is 1. The molecule has 1 aliphatic heterocycles. The second kappa shape index (κ2) is 11.1. The van der Waals surface area contributed by atoms with Gasteiger partial charge in [0.15, 0.2) is 4.80 Å². The van der Waals surface area contributed by atoms with E-state index in [9.17, 15) is 9.59 Å². The van der Waals surface area contributed by atoms with Crippen LogP contribution >= 0.6 is 22.9 Å². The van der Waals surface area contributed by atoms with Gasteiger partial charge in [0, 0.05) is 35.2 Å². The number of nitrogens with zero attached hydrogens (tertiary/aromatic N) is 4. The van der Waals surface area contributed by atoms with Crippen LogP contribution in [0.1, 0.15) is 54.9 Å². The summed E-state index contributed by atoms with van der Waals surface area (Å²) in [6.07, 6.45) is 1.95. The molecular formula is C32H33ClN4O2S. The Morgan fingerprint density at radius 1 is 1.05 bits per heavy atom. The van der Waals surface area contributed by atoms with Crippen LogP contribution in [0.5, 0.6) is 0 Å². The highest BCUT2D eigenvalue weighted by Gasteiger charge is 2.34. The quantitative estimate of drug-likeness (QED) is 0.307. The number of carbonyl (C=O) groups is 1. The van der Waals surface area contributed by atoms with Gasteiger partial charge in [0.2, 0.25) is 0 Å². The van der Waals surface area contributed by atoms with E-state index in [4.69, 9.17) is 16.6 Å². The van der Waals surface area contributed by atoms with Gasteiger partial charge in [-0.05, 0) is 94.6 Å². The fraction of sp³-hybridized carbons (Fsp3) is 0.281. The average molecular weight is 573 g/mol. The van der Waals surface area contributed by atoms with E-state index in [1.807, 2.05) is 39.0 Å². The van der Waals surface area contributed by atoms with Crippen LogP contribution in [0.4, 0.5) is 0 Å². The van der Waals surface area contributed by atoms with Crippen LogP contribution in [-0.2, 0) is 4.79 Å². The van der Waals surface area contributed by atoms with Crippen LogP contribution in [0.2, 0.25) is 5.02 Å². The molecule has 0 saturated heterocycles. The fourth-order valence-electron chi connectivity index (χ4n) is 5.48. The lowest BCUT2D eigenvalue weighted by Crippen LogP contribution is -2.43. The van der Waals surface area contributed by atoms with Gasteiger partial charge in [0.1, 0.15) is 0 Å². The topological polar surface area (TPSA) is 59.6 Å². The Bertz CT molecular complexity index is 1820. The van der Waals surface area contributed by atoms with Crippen LogP contribution in [0, 0.1) is 20.8 Å². The molecule has 2 aromatic carbocycles. The van der Waals surface area contributed by atoms with E-state index in [1.165, 1.54) is 16.9 Å². The monoisotopic (exact) mass is 572 g/mol. The lowest BCUT2D eigenvalue weighted by atomic mass is 9.94. The number of aromatic nitrogens is 2. The normalized spacial score (nSPS) is 15.3. The van der Waals surface area contributed by atoms with Gasteiger partial charge in [-0.25, -0.2) is 4.99 Å². The maximum Gasteiger partial charge on any atom is 0.271 e. The van der Waals surface area contributed by atoms with E-state index in [-0.39, 0.29) is 11.5 Å². The van der Waals surface area contributed by atoms with Crippen molar-refractivity contribution in [3.63, 3.8) is 0 Å². The number of rotatable bonds is 6. The standard InChI is InChI=1S/C32H33ClN4O2S/c1-7-35(8-2)31(39)28-21(5)34-32-37(29(28)23-12-14-25(33)15-13-23)30(38)27(40-32)18-24-17-20(4)36(22(24)6)26-11-9-10-19(3)16-26/h9-18,29H,7-8H2,1-6H3/b27-18-/t29-/m1/s1. The summed E-state index contributed by atoms with van der Waals surface area (Å²) in [6.45, 7) is 13.1. The van der Waals surface area contributed by atoms with E-state index in [0.717, 1.165) is 28.2 Å². The third-order valence-corrected chi connectivity index (χ3v) is 8.74. The summed E-state index contributed by atoms with van der Waals surface area (Å²) in [4.78, 5) is 34.9. The Morgan fingerprint density at radius 3 is 2.40 bits per heavy atom. The van der Waals surface area contributed by atoms with Crippen molar-refractivity contribution in [2.75, 3.05) is 13.1 Å². The number of fused-ring (bicyclic) bond motifs is 1. The van der Waals surface area contributed by atoms with Crippen LogP contribution < -0.4 is 14.9 Å². The Hall–Kier alpha value is -3.68. The lowest BCUT2D eigenvalue weighted by Gasteiger charge is -2.29. The molecule has 0 saturated carbocycles. The maximum absolute atomic E-state index is 14.1. The van der Waals surface area contributed by atoms with Crippen molar-refractivity contribution >= 4 is 34.9 Å². The van der Waals surface area contributed by atoms with E-state index in [0.29, 0.717) is 38.7 Å². The predicted octanol–water partition coefficient (Wildman–Crippen LogP) is 5.47. The minimum atomic E-state index is -0.594. The number of benzene rings is 2. The molecule has 0 spiro atoms. The first-order valence-corrected chi connectivity index (χ1v) is 14.7. The van der Waals surface area contributed by atoms with Crippen LogP contribution in [0.15, 0.2) is 75.7 Å². The summed E-state index contributed by atoms with van der Waals surface area (Å²) in [5, 5.41) is 0.595. The zero-order valence-electron chi connectivity index (χ0n) is 23.7. The molecule has 1 amide bonds. The summed E-state index contributed by atoms with van der Waals surface area (Å²) in [5.41, 5.74) is 7.19. The van der Waals surface area contributed by atoms with Crippen LogP contribution in [0.25, 0.3) is 11.8 Å². The molecule has 4 aromatic rings. The summed E-state index contributed by atoms with van der Waals surface area (Å²) in [6, 6.07) is 17.2. The highest BCUT2D eigenvalue weighted by atomic mass is 35.5. The molecule has 0 N–H and O–H groups in total. The lowest BCUT2D eigenvalue weighted by molar-refractivity contribution is -0.127. The minimum Gasteiger partial charge on any atom is -0.339 e. The maximum atomic E-state index is 14.1. The number of hydrogen-bond donors (Lipinski definition) is 0. The predicted molar refractivity (Wildman–Crippen MR) is 163 cm³/mol. The van der Waals surface area contributed by atoms with Gasteiger partial charge in [-0.3, -0.25) is 14.2 Å². The molecule has 0 aliphatic carbocycles. The van der Waals surface area contributed by atoms with Crippen molar-refractivity contribution in [3.8, 4) is 5.69 Å². The molecule has 6 nitrogen and oxygen atoms in total. The molecule has 40 heavy (non-hydrogen) atoms. The first kappa shape index (κ1) is 27.9. The van der Waals surface area contributed by atoms with Gasteiger partial charge in [-0.1, -0.05) is 47.2 Å². The molecule has 0 unspecified atom stereocenters. The van der Waals surface area contributed by atoms with Gasteiger partial charge in [-0.15, -0.1) is 0 Å². The third-order valence-electron chi connectivity index (χ3n) is 7.51. The number of carbonyl (C=O) groups excluding carboxylic acids is 1. The molecule has 1 aliphatic rings. The van der Waals surface area contributed by atoms with Crippen molar-refractivity contribution in [3.05, 3.63) is 119 Å². The molecular weight excluding hydrogens is 540 g/mol. The highest BCUT2D eigenvalue weighted by Crippen LogP contribution is 2.32. The Morgan fingerprint density at radius 2 is 1.75 bits per heavy atom. The summed E-state index contributed by atoms with van der Waals surface area (Å²) in [7, 11) is 0. The van der Waals surface area contributed by atoms with E-state index in [1.54, 1.807) is 21.6 Å². The van der Waals surface area contributed by atoms with Gasteiger partial charge in [0.25, 0.3) is 11.5 Å². The van der Waals surface area contributed by atoms with E-state index < -0.39 is 6.04 Å². The number of allylic oxidation sites excluding steroid dienone is 1. The fourth-order valence-corrected chi connectivity index (χ4v) is 6.64. The number of halogens is 1. The molecule has 2 aromatic heterocycles. The Labute approximate surface area is 243 Å². The number of aryl methyl sites for hydroxylation is 2. The van der Waals surface area contributed by atoms with Crippen molar-refractivity contribution < 1.29 is 4.79 Å². The minimum absolute atomic E-state index is 0.109. The highest BCUT2D eigenvalue weighted by molar-refractivity contribution is 7.07. The zero-order valence-corrected chi connectivity index (χ0v) is 25.2. The molecule has 0 fully saturated rings. The van der Waals surface area contributed by atoms with E-state index >= 15 is 0 Å². The first-order valence-electron chi connectivity index (χ1n) is 13.5. The molecule has 0 radical (unpaired) electrons. The van der Waals surface area contributed by atoms with Gasteiger partial charge < -0.3 is 9.47 Å². The SMILES string of the molecule is CCN(CC)C(=O)C1=C(C)N=c2s/c(=C\c3cc(C)n(-c4cccc(C)c4)c3C)c(=O)n2[C@@H]1c1ccc(Cl)cc1. The van der Waals surface area contributed by atoms with Crippen LogP contribution in [0.3, 0.4) is 0 Å². The average Bonchev–Trinajstić information content (AvgIpc) is 3.38. The largest absolute Gasteiger partial charge is 0.339 e. The second-order valence-electron chi connectivity index (χ2n) is 10.1. The smallest absolute Gasteiger partial charge is 0.271 e. The summed E-state index contributed by atoms with van der Waals surface area (Å²) >= 11 is 7.55. The van der Waals surface area contributed by atoms with Crippen molar-refractivity contribution in [2.45, 2.75) is 47.6 Å². The Balaban J connectivity index is 1.70. The van der Waals surface area contributed by atoms with Gasteiger partial charge >= 0.3 is 0 Å². The number of hydrogen-bond acceptors (Lipinski definition) is 4. The number of thiazole rings is 1. The molecule has 206 valence electrons. The second-order valence-corrected chi connectivity index (χ2v) is 11.6. The summed E-state index contributed by atoms with van der Waals surface area (Å²) in [5.74, 6) is -0.109. The van der Waals surface area contributed by atoms with Crippen LogP contribution in [-0.4, -0.2) is 33.0 Å². The van der Waals surface area contributed by atoms with Gasteiger partial charge in [0.05, 0.1) is 21.8 Å². The first-order chi connectivity index (χ1) is 19.1.